The maximum Gasteiger partial charge on any atom is 0.308 e. The Hall–Kier alpha value is -2.41. The largest absolute Gasteiger partial charge is 0.456 e. The third-order valence-electron chi connectivity index (χ3n) is 4.94. The van der Waals surface area contributed by atoms with Gasteiger partial charge in [-0.05, 0) is 31.0 Å². The van der Waals surface area contributed by atoms with Crippen LogP contribution in [0.2, 0.25) is 5.02 Å². The third kappa shape index (κ3) is 4.66. The average Bonchev–Trinajstić information content (AvgIpc) is 2.89. The highest BCUT2D eigenvalue weighted by Gasteiger charge is 2.47. The molecular weight excluding hydrogens is 372 g/mol. The van der Waals surface area contributed by atoms with Gasteiger partial charge in [-0.25, -0.2) is 0 Å². The fourth-order valence-electron chi connectivity index (χ4n) is 3.64. The molecule has 8 heteroatoms. The van der Waals surface area contributed by atoms with Crippen molar-refractivity contribution in [3.63, 3.8) is 0 Å². The van der Waals surface area contributed by atoms with Gasteiger partial charge in [0, 0.05) is 17.3 Å². The van der Waals surface area contributed by atoms with E-state index < -0.39 is 18.5 Å². The molecular formula is C19H21ClN2O5. The number of rotatable bonds is 6. The average molecular weight is 393 g/mol. The van der Waals surface area contributed by atoms with Gasteiger partial charge in [0.05, 0.1) is 18.3 Å². The summed E-state index contributed by atoms with van der Waals surface area (Å²) in [5.74, 6) is -1.96. The molecule has 2 atom stereocenters. The highest BCUT2D eigenvalue weighted by molar-refractivity contribution is 6.30. The fraction of sp³-hybridized carbons (Fsp3) is 0.474. The summed E-state index contributed by atoms with van der Waals surface area (Å²) in [6.45, 7) is -0.447. The summed E-state index contributed by atoms with van der Waals surface area (Å²) in [6.07, 6.45) is 3.26. The van der Waals surface area contributed by atoms with Crippen LogP contribution in [-0.2, 0) is 23.9 Å². The van der Waals surface area contributed by atoms with E-state index in [0.717, 1.165) is 25.7 Å². The Morgan fingerprint density at radius 1 is 1.15 bits per heavy atom. The van der Waals surface area contributed by atoms with Crippen LogP contribution in [0.4, 0.5) is 5.69 Å². The number of halogens is 1. The van der Waals surface area contributed by atoms with Crippen LogP contribution in [0, 0.1) is 11.8 Å². The molecule has 0 bridgehead atoms. The second kappa shape index (κ2) is 8.52. The minimum Gasteiger partial charge on any atom is -0.456 e. The number of carbonyl (C=O) groups is 4. The summed E-state index contributed by atoms with van der Waals surface area (Å²) in [6, 6.07) is 6.60. The van der Waals surface area contributed by atoms with Crippen LogP contribution >= 0.6 is 11.6 Å². The number of benzene rings is 1. The van der Waals surface area contributed by atoms with Gasteiger partial charge in [0.2, 0.25) is 11.8 Å². The van der Waals surface area contributed by atoms with Crippen molar-refractivity contribution < 1.29 is 23.9 Å². The lowest BCUT2D eigenvalue weighted by Gasteiger charge is -2.19. The molecule has 0 aromatic heterocycles. The summed E-state index contributed by atoms with van der Waals surface area (Å²) >= 11 is 5.83. The lowest BCUT2D eigenvalue weighted by molar-refractivity contribution is -0.148. The number of likely N-dealkylation sites (tertiary alicyclic amines) is 1. The Morgan fingerprint density at radius 3 is 2.44 bits per heavy atom. The lowest BCUT2D eigenvalue weighted by Crippen LogP contribution is -2.33. The lowest BCUT2D eigenvalue weighted by atomic mass is 9.81. The van der Waals surface area contributed by atoms with Crippen LogP contribution in [0.5, 0.6) is 0 Å². The van der Waals surface area contributed by atoms with Crippen LogP contribution in [0.3, 0.4) is 0 Å². The smallest absolute Gasteiger partial charge is 0.308 e. The fourth-order valence-corrected chi connectivity index (χ4v) is 3.83. The first-order valence-electron chi connectivity index (χ1n) is 9.02. The molecule has 7 nitrogen and oxygen atoms in total. The molecule has 27 heavy (non-hydrogen) atoms. The minimum atomic E-state index is -0.633. The maximum absolute atomic E-state index is 12.3. The molecule has 1 aliphatic heterocycles. The van der Waals surface area contributed by atoms with E-state index in [9.17, 15) is 19.2 Å². The molecule has 1 aromatic rings. The van der Waals surface area contributed by atoms with Crippen LogP contribution in [0.25, 0.3) is 0 Å². The van der Waals surface area contributed by atoms with E-state index in [4.69, 9.17) is 16.3 Å². The highest BCUT2D eigenvalue weighted by atomic mass is 35.5. The van der Waals surface area contributed by atoms with E-state index in [1.807, 2.05) is 0 Å². The van der Waals surface area contributed by atoms with Crippen molar-refractivity contribution in [1.82, 2.24) is 4.90 Å². The summed E-state index contributed by atoms with van der Waals surface area (Å²) in [5.41, 5.74) is 0.499. The molecule has 2 aliphatic rings. The second-order valence-electron chi connectivity index (χ2n) is 6.79. The first-order chi connectivity index (χ1) is 13.0. The predicted octanol–water partition coefficient (Wildman–Crippen LogP) is 2.39. The van der Waals surface area contributed by atoms with E-state index in [0.29, 0.717) is 10.7 Å². The van der Waals surface area contributed by atoms with Gasteiger partial charge < -0.3 is 10.1 Å². The van der Waals surface area contributed by atoms with Gasteiger partial charge in [0.15, 0.2) is 6.61 Å². The van der Waals surface area contributed by atoms with Crippen molar-refractivity contribution >= 4 is 41.0 Å². The van der Waals surface area contributed by atoms with Crippen molar-refractivity contribution in [2.75, 3.05) is 18.5 Å². The van der Waals surface area contributed by atoms with Crippen molar-refractivity contribution in [2.45, 2.75) is 32.1 Å². The quantitative estimate of drug-likeness (QED) is 0.592. The molecule has 0 unspecified atom stereocenters. The van der Waals surface area contributed by atoms with Gasteiger partial charge in [0.1, 0.15) is 0 Å². The first kappa shape index (κ1) is 19.4. The topological polar surface area (TPSA) is 92.8 Å². The Kier molecular flexibility index (Phi) is 6.11. The molecule has 0 spiro atoms. The second-order valence-corrected chi connectivity index (χ2v) is 7.23. The van der Waals surface area contributed by atoms with Crippen LogP contribution in [0.15, 0.2) is 24.3 Å². The number of ether oxygens (including phenoxy) is 1. The summed E-state index contributed by atoms with van der Waals surface area (Å²) in [7, 11) is 0. The highest BCUT2D eigenvalue weighted by Crippen LogP contribution is 2.37. The van der Waals surface area contributed by atoms with Gasteiger partial charge >= 0.3 is 5.97 Å². The molecule has 3 amide bonds. The number of imide groups is 1. The Bertz CT molecular complexity index is 742. The van der Waals surface area contributed by atoms with Gasteiger partial charge in [-0.3, -0.25) is 24.1 Å². The van der Waals surface area contributed by atoms with E-state index in [1.54, 1.807) is 24.3 Å². The van der Waals surface area contributed by atoms with E-state index >= 15 is 0 Å². The summed E-state index contributed by atoms with van der Waals surface area (Å²) in [4.78, 5) is 49.5. The van der Waals surface area contributed by atoms with Gasteiger partial charge in [-0.1, -0.05) is 30.5 Å². The minimum absolute atomic E-state index is 0.000583. The summed E-state index contributed by atoms with van der Waals surface area (Å²) < 4.78 is 4.92. The van der Waals surface area contributed by atoms with E-state index in [2.05, 4.69) is 5.32 Å². The number of amides is 3. The number of nitrogens with zero attached hydrogens (tertiary/aromatic N) is 1. The van der Waals surface area contributed by atoms with Crippen LogP contribution < -0.4 is 5.32 Å². The van der Waals surface area contributed by atoms with Gasteiger partial charge in [0.25, 0.3) is 5.91 Å². The molecule has 1 aliphatic carbocycles. The maximum atomic E-state index is 12.3. The molecule has 3 rings (SSSR count). The number of fused-ring (bicyclic) bond motifs is 1. The standard InChI is InChI=1S/C19H21ClN2O5/c20-12-4-3-5-13(10-12)21-16(23)11-27-17(24)8-9-22-18(25)14-6-1-2-7-15(14)19(22)26/h3-5,10,14-15H,1-2,6-9,11H2,(H,21,23)/t14-,15-/m1/s1. The Balaban J connectivity index is 1.42. The molecule has 144 valence electrons. The number of nitrogens with one attached hydrogen (secondary N) is 1. The monoisotopic (exact) mass is 392 g/mol. The molecule has 1 aromatic carbocycles. The van der Waals surface area contributed by atoms with Crippen LogP contribution in [0.1, 0.15) is 32.1 Å². The molecule has 1 saturated heterocycles. The zero-order chi connectivity index (χ0) is 19.4. The molecule has 1 N–H and O–H groups in total. The number of carbonyl (C=O) groups excluding carboxylic acids is 4. The number of hydrogen-bond donors (Lipinski definition) is 1. The molecule has 1 saturated carbocycles. The SMILES string of the molecule is O=C(COC(=O)CCN1C(=O)[C@@H]2CCCC[C@H]2C1=O)Nc1cccc(Cl)c1. The van der Waals surface area contributed by atoms with E-state index in [-0.39, 0.29) is 36.6 Å². The van der Waals surface area contributed by atoms with Crippen molar-refractivity contribution in [3.05, 3.63) is 29.3 Å². The molecule has 2 fully saturated rings. The Labute approximate surface area is 162 Å². The number of esters is 1. The number of anilines is 1. The van der Waals surface area contributed by atoms with Crippen molar-refractivity contribution in [3.8, 4) is 0 Å². The zero-order valence-corrected chi connectivity index (χ0v) is 15.5. The molecule has 1 heterocycles. The molecule has 0 radical (unpaired) electrons. The first-order valence-corrected chi connectivity index (χ1v) is 9.40. The normalized spacial score (nSPS) is 21.7. The summed E-state index contributed by atoms with van der Waals surface area (Å²) in [5, 5.41) is 3.04. The zero-order valence-electron chi connectivity index (χ0n) is 14.8. The number of hydrogen-bond acceptors (Lipinski definition) is 5. The predicted molar refractivity (Wildman–Crippen MR) is 97.8 cm³/mol. The van der Waals surface area contributed by atoms with Gasteiger partial charge in [-0.15, -0.1) is 0 Å². The van der Waals surface area contributed by atoms with Crippen molar-refractivity contribution in [2.24, 2.45) is 11.8 Å². The third-order valence-corrected chi connectivity index (χ3v) is 5.18. The van der Waals surface area contributed by atoms with Gasteiger partial charge in [-0.2, -0.15) is 0 Å². The van der Waals surface area contributed by atoms with E-state index in [1.165, 1.54) is 4.90 Å². The van der Waals surface area contributed by atoms with Crippen molar-refractivity contribution in [1.29, 1.82) is 0 Å². The Morgan fingerprint density at radius 2 is 1.81 bits per heavy atom. The van der Waals surface area contributed by atoms with Crippen LogP contribution in [-0.4, -0.2) is 41.7 Å².